The molecule has 20 heavy (non-hydrogen) atoms. The molecule has 0 aromatic carbocycles. The van der Waals surface area contributed by atoms with Crippen LogP contribution in [0.2, 0.25) is 0 Å². The van der Waals surface area contributed by atoms with E-state index in [1.807, 2.05) is 0 Å². The summed E-state index contributed by atoms with van der Waals surface area (Å²) in [5.41, 5.74) is 0. The molecule has 0 bridgehead atoms. The van der Waals surface area contributed by atoms with Crippen LogP contribution in [0.25, 0.3) is 0 Å². The third kappa shape index (κ3) is 5.19. The van der Waals surface area contributed by atoms with Crippen LogP contribution in [0.1, 0.15) is 44.3 Å². The van der Waals surface area contributed by atoms with E-state index in [0.717, 1.165) is 18.8 Å². The molecule has 0 spiro atoms. The molecule has 6 heteroatoms. The Labute approximate surface area is 119 Å². The highest BCUT2D eigenvalue weighted by Gasteiger charge is 2.20. The Hall–Kier alpha value is -0.980. The maximum atomic E-state index is 9.87. The molecule has 2 N–H and O–H groups in total. The average Bonchev–Trinajstić information content (AvgIpc) is 2.82. The number of hydrogen-bond acceptors (Lipinski definition) is 6. The Kier molecular flexibility index (Phi) is 5.94. The van der Waals surface area contributed by atoms with Gasteiger partial charge in [0.25, 0.3) is 0 Å². The zero-order chi connectivity index (χ0) is 14.4. The van der Waals surface area contributed by atoms with Crippen LogP contribution >= 0.6 is 0 Å². The van der Waals surface area contributed by atoms with Crippen molar-refractivity contribution in [3.63, 3.8) is 0 Å². The minimum Gasteiger partial charge on any atom is -0.389 e. The smallest absolute Gasteiger partial charge is 0.240 e. The van der Waals surface area contributed by atoms with E-state index in [0.29, 0.717) is 37.5 Å². The van der Waals surface area contributed by atoms with Crippen LogP contribution in [0.5, 0.6) is 0 Å². The molecule has 0 saturated heterocycles. The number of aliphatic hydroxyl groups is 1. The molecule has 1 aromatic rings. The summed E-state index contributed by atoms with van der Waals surface area (Å²) in [7, 11) is 0. The maximum absolute atomic E-state index is 9.87. The summed E-state index contributed by atoms with van der Waals surface area (Å²) in [6, 6.07) is 0. The van der Waals surface area contributed by atoms with Crippen LogP contribution in [0.4, 0.5) is 0 Å². The van der Waals surface area contributed by atoms with Gasteiger partial charge in [0.05, 0.1) is 25.4 Å². The molecule has 3 atom stereocenters. The van der Waals surface area contributed by atoms with Crippen molar-refractivity contribution in [2.45, 2.75) is 58.3 Å². The molecule has 114 valence electrons. The van der Waals surface area contributed by atoms with Gasteiger partial charge >= 0.3 is 0 Å². The van der Waals surface area contributed by atoms with Crippen molar-refractivity contribution < 1.29 is 14.4 Å². The molecule has 0 radical (unpaired) electrons. The van der Waals surface area contributed by atoms with Crippen LogP contribution in [-0.2, 0) is 11.3 Å². The molecular weight excluding hydrogens is 258 g/mol. The fourth-order valence-corrected chi connectivity index (χ4v) is 2.59. The molecule has 1 aromatic heterocycles. The number of rotatable bonds is 7. The predicted molar refractivity (Wildman–Crippen MR) is 74.1 cm³/mol. The van der Waals surface area contributed by atoms with E-state index in [2.05, 4.69) is 22.4 Å². The molecule has 1 heterocycles. The van der Waals surface area contributed by atoms with Crippen molar-refractivity contribution in [1.82, 2.24) is 15.5 Å². The number of aromatic nitrogens is 2. The summed E-state index contributed by atoms with van der Waals surface area (Å²) in [5.74, 6) is 1.90. The molecule has 6 nitrogen and oxygen atoms in total. The summed E-state index contributed by atoms with van der Waals surface area (Å²) in [4.78, 5) is 4.08. The number of ether oxygens (including phenoxy) is 1. The summed E-state index contributed by atoms with van der Waals surface area (Å²) in [6.07, 6.45) is 4.57. The van der Waals surface area contributed by atoms with Gasteiger partial charge < -0.3 is 19.7 Å². The first-order valence-corrected chi connectivity index (χ1v) is 7.43. The highest BCUT2D eigenvalue weighted by molar-refractivity contribution is 4.82. The van der Waals surface area contributed by atoms with Crippen molar-refractivity contribution in [1.29, 1.82) is 0 Å². The largest absolute Gasteiger partial charge is 0.389 e. The van der Waals surface area contributed by atoms with Gasteiger partial charge in [0.2, 0.25) is 5.89 Å². The molecule has 0 aliphatic heterocycles. The van der Waals surface area contributed by atoms with Crippen LogP contribution < -0.4 is 5.32 Å². The lowest BCUT2D eigenvalue weighted by molar-refractivity contribution is -0.0307. The van der Waals surface area contributed by atoms with Crippen molar-refractivity contribution in [3.05, 3.63) is 11.7 Å². The third-order valence-corrected chi connectivity index (χ3v) is 3.64. The second kappa shape index (κ2) is 7.71. The first-order chi connectivity index (χ1) is 9.63. The Morgan fingerprint density at radius 1 is 1.50 bits per heavy atom. The molecule has 0 amide bonds. The first-order valence-electron chi connectivity index (χ1n) is 7.43. The number of nitrogens with zero attached hydrogens (tertiary/aromatic N) is 2. The number of aryl methyl sites for hydroxylation is 1. The van der Waals surface area contributed by atoms with Gasteiger partial charge in [0.1, 0.15) is 0 Å². The minimum absolute atomic E-state index is 0.312. The topological polar surface area (TPSA) is 80.4 Å². The second-order valence-electron chi connectivity index (χ2n) is 5.75. The minimum atomic E-state index is -0.503. The monoisotopic (exact) mass is 283 g/mol. The van der Waals surface area contributed by atoms with Crippen molar-refractivity contribution in [2.75, 3.05) is 13.2 Å². The highest BCUT2D eigenvalue weighted by atomic mass is 16.5. The van der Waals surface area contributed by atoms with Crippen LogP contribution in [-0.4, -0.2) is 40.6 Å². The van der Waals surface area contributed by atoms with Gasteiger partial charge in [-0.15, -0.1) is 0 Å². The number of aliphatic hydroxyl groups excluding tert-OH is 1. The highest BCUT2D eigenvalue weighted by Crippen LogP contribution is 2.25. The van der Waals surface area contributed by atoms with E-state index < -0.39 is 6.10 Å². The van der Waals surface area contributed by atoms with E-state index in [1.165, 1.54) is 12.8 Å². The van der Waals surface area contributed by atoms with E-state index in [-0.39, 0.29) is 0 Å². The Morgan fingerprint density at radius 3 is 3.05 bits per heavy atom. The van der Waals surface area contributed by atoms with E-state index in [9.17, 15) is 5.11 Å². The lowest BCUT2D eigenvalue weighted by Crippen LogP contribution is -2.33. The molecule has 2 rings (SSSR count). The summed E-state index contributed by atoms with van der Waals surface area (Å²) < 4.78 is 10.8. The van der Waals surface area contributed by atoms with Gasteiger partial charge in [-0.3, -0.25) is 0 Å². The van der Waals surface area contributed by atoms with Gasteiger partial charge in [0.15, 0.2) is 5.82 Å². The van der Waals surface area contributed by atoms with Crippen LogP contribution in [0.3, 0.4) is 0 Å². The molecule has 1 aliphatic carbocycles. The molecular formula is C14H25N3O3. The predicted octanol–water partition coefficient (Wildman–Crippen LogP) is 1.42. The standard InChI is InChI=1S/C14H25N3O3/c1-10-4-3-5-13(6-10)19-9-12(18)7-15-8-14-16-11(2)17-20-14/h10,12-13,15,18H,3-9H2,1-2H3. The first kappa shape index (κ1) is 15.4. The van der Waals surface area contributed by atoms with Gasteiger partial charge in [-0.2, -0.15) is 4.98 Å². The Morgan fingerprint density at radius 2 is 2.35 bits per heavy atom. The van der Waals surface area contributed by atoms with E-state index in [1.54, 1.807) is 6.92 Å². The fourth-order valence-electron chi connectivity index (χ4n) is 2.59. The zero-order valence-corrected chi connectivity index (χ0v) is 12.3. The summed E-state index contributed by atoms with van der Waals surface area (Å²) in [6.45, 7) is 5.36. The van der Waals surface area contributed by atoms with Crippen LogP contribution in [0.15, 0.2) is 4.52 Å². The van der Waals surface area contributed by atoms with Crippen molar-refractivity contribution >= 4 is 0 Å². The number of nitrogens with one attached hydrogen (secondary N) is 1. The quantitative estimate of drug-likeness (QED) is 0.788. The summed E-state index contributed by atoms with van der Waals surface area (Å²) in [5, 5.41) is 16.7. The molecule has 1 fully saturated rings. The van der Waals surface area contributed by atoms with Gasteiger partial charge in [0, 0.05) is 6.54 Å². The van der Waals surface area contributed by atoms with Crippen molar-refractivity contribution in [3.8, 4) is 0 Å². The maximum Gasteiger partial charge on any atom is 0.240 e. The molecule has 3 unspecified atom stereocenters. The molecule has 1 saturated carbocycles. The summed E-state index contributed by atoms with van der Waals surface area (Å²) >= 11 is 0. The lowest BCUT2D eigenvalue weighted by atomic mass is 9.89. The van der Waals surface area contributed by atoms with E-state index >= 15 is 0 Å². The fraction of sp³-hybridized carbons (Fsp3) is 0.857. The lowest BCUT2D eigenvalue weighted by Gasteiger charge is -2.27. The van der Waals surface area contributed by atoms with Gasteiger partial charge in [-0.05, 0) is 25.7 Å². The second-order valence-corrected chi connectivity index (χ2v) is 5.75. The SMILES string of the molecule is Cc1noc(CNCC(O)COC2CCCC(C)C2)n1. The normalized spacial score (nSPS) is 24.8. The average molecular weight is 283 g/mol. The Bertz CT molecular complexity index is 397. The zero-order valence-electron chi connectivity index (χ0n) is 12.3. The third-order valence-electron chi connectivity index (χ3n) is 3.64. The number of hydrogen-bond donors (Lipinski definition) is 2. The van der Waals surface area contributed by atoms with Crippen LogP contribution in [0, 0.1) is 12.8 Å². The van der Waals surface area contributed by atoms with Gasteiger partial charge in [-0.1, -0.05) is 24.9 Å². The Balaban J connectivity index is 1.57. The van der Waals surface area contributed by atoms with Crippen molar-refractivity contribution in [2.24, 2.45) is 5.92 Å². The van der Waals surface area contributed by atoms with Gasteiger partial charge in [-0.25, -0.2) is 0 Å². The molecule has 1 aliphatic rings. The van der Waals surface area contributed by atoms with E-state index in [4.69, 9.17) is 9.26 Å².